The van der Waals surface area contributed by atoms with E-state index in [1.165, 1.54) is 11.8 Å². The van der Waals surface area contributed by atoms with Crippen molar-refractivity contribution < 1.29 is 19.5 Å². The second kappa shape index (κ2) is 4.94. The van der Waals surface area contributed by atoms with E-state index >= 15 is 0 Å². The molecule has 2 atom stereocenters. The Balaban J connectivity index is 2.38. The van der Waals surface area contributed by atoms with Crippen molar-refractivity contribution in [1.29, 1.82) is 0 Å². The molecule has 6 nitrogen and oxygen atoms in total. The Hall–Kier alpha value is -0.990. The van der Waals surface area contributed by atoms with Crippen LogP contribution in [0.15, 0.2) is 11.3 Å². The molecule has 0 aromatic carbocycles. The van der Waals surface area contributed by atoms with E-state index in [0.29, 0.717) is 5.75 Å². The van der Waals surface area contributed by atoms with Crippen molar-refractivity contribution in [2.24, 2.45) is 5.73 Å². The number of hydrogen-bond acceptors (Lipinski definition) is 6. The zero-order valence-electron chi connectivity index (χ0n) is 9.58. The molecule has 18 heavy (non-hydrogen) atoms. The fourth-order valence-electron chi connectivity index (χ4n) is 1.89. The number of β-lactam (4-membered cyclic amide) rings is 1. The second-order valence-electron chi connectivity index (χ2n) is 3.79. The number of carboxylic acid groups (broad SMARTS) is 1. The topological polar surface area (TPSA) is 101 Å². The number of carbonyl (C=O) groups excluding carboxylic acids is 2. The van der Waals surface area contributed by atoms with Gasteiger partial charge in [0.05, 0.1) is 0 Å². The summed E-state index contributed by atoms with van der Waals surface area (Å²) in [5.74, 6) is -0.830. The third-order valence-electron chi connectivity index (χ3n) is 2.73. The zero-order valence-corrected chi connectivity index (χ0v) is 11.2. The van der Waals surface area contributed by atoms with Crippen LogP contribution in [0.25, 0.3) is 0 Å². The summed E-state index contributed by atoms with van der Waals surface area (Å²) in [5, 5.41) is 8.55. The van der Waals surface area contributed by atoms with Gasteiger partial charge in [-0.1, -0.05) is 18.7 Å². The molecule has 8 heteroatoms. The van der Waals surface area contributed by atoms with Gasteiger partial charge < -0.3 is 10.8 Å². The molecule has 2 aliphatic heterocycles. The molecule has 3 N–H and O–H groups in total. The van der Waals surface area contributed by atoms with Crippen LogP contribution in [0.4, 0.5) is 0 Å². The van der Waals surface area contributed by atoms with Crippen LogP contribution in [0.2, 0.25) is 0 Å². The highest BCUT2D eigenvalue weighted by Gasteiger charge is 2.52. The lowest BCUT2D eigenvalue weighted by atomic mass is 10.0. The molecule has 1 unspecified atom stereocenters. The van der Waals surface area contributed by atoms with Crippen molar-refractivity contribution in [2.75, 3.05) is 11.5 Å². The molecule has 0 aromatic heterocycles. The number of nitrogens with zero attached hydrogens (tertiary/aromatic N) is 1. The number of hydrogen-bond donors (Lipinski definition) is 2. The number of thioether (sulfide) groups is 2. The molecule has 0 bridgehead atoms. The average molecular weight is 288 g/mol. The summed E-state index contributed by atoms with van der Waals surface area (Å²) >= 11 is 2.38. The van der Waals surface area contributed by atoms with Gasteiger partial charge in [-0.15, -0.1) is 11.8 Å². The van der Waals surface area contributed by atoms with Gasteiger partial charge in [-0.3, -0.25) is 14.5 Å². The molecule has 0 radical (unpaired) electrons. The molecule has 2 heterocycles. The third kappa shape index (κ3) is 1.94. The molecule has 0 aliphatic carbocycles. The van der Waals surface area contributed by atoms with Gasteiger partial charge in [0.1, 0.15) is 17.1 Å². The molecule has 2 aliphatic rings. The van der Waals surface area contributed by atoms with Gasteiger partial charge in [0.2, 0.25) is 11.0 Å². The van der Waals surface area contributed by atoms with Crippen LogP contribution in [-0.4, -0.2) is 49.9 Å². The SMILES string of the molecule is CCSC(=O)C1=C(C(=O)O)N2C(=O)C(N)[C@H]2SC1. The lowest BCUT2D eigenvalue weighted by Crippen LogP contribution is -2.68. The summed E-state index contributed by atoms with van der Waals surface area (Å²) in [4.78, 5) is 35.8. The minimum absolute atomic E-state index is 0.191. The maximum Gasteiger partial charge on any atom is 0.353 e. The first-order valence-electron chi connectivity index (χ1n) is 5.32. The average Bonchev–Trinajstić information content (AvgIpc) is 2.36. The van der Waals surface area contributed by atoms with E-state index in [9.17, 15) is 19.5 Å². The van der Waals surface area contributed by atoms with Crippen LogP contribution < -0.4 is 5.73 Å². The fourth-order valence-corrected chi connectivity index (χ4v) is 3.87. The van der Waals surface area contributed by atoms with Gasteiger partial charge in [0.25, 0.3) is 0 Å². The molecule has 0 aromatic rings. The third-order valence-corrected chi connectivity index (χ3v) is 4.83. The molecular formula is C10H12N2O4S2. The van der Waals surface area contributed by atoms with E-state index in [0.717, 1.165) is 16.7 Å². The molecular weight excluding hydrogens is 276 g/mol. The largest absolute Gasteiger partial charge is 0.477 e. The van der Waals surface area contributed by atoms with Gasteiger partial charge >= 0.3 is 5.97 Å². The first-order valence-corrected chi connectivity index (χ1v) is 7.36. The van der Waals surface area contributed by atoms with Crippen LogP contribution in [0.5, 0.6) is 0 Å². The van der Waals surface area contributed by atoms with Crippen molar-refractivity contribution in [2.45, 2.75) is 18.3 Å². The lowest BCUT2D eigenvalue weighted by Gasteiger charge is -2.47. The van der Waals surface area contributed by atoms with Crippen molar-refractivity contribution in [3.63, 3.8) is 0 Å². The quantitative estimate of drug-likeness (QED) is 0.696. The number of carbonyl (C=O) groups is 3. The summed E-state index contributed by atoms with van der Waals surface area (Å²) in [6.07, 6.45) is 0. The Morgan fingerprint density at radius 2 is 2.28 bits per heavy atom. The number of fused-ring (bicyclic) bond motifs is 1. The lowest BCUT2D eigenvalue weighted by molar-refractivity contribution is -0.148. The monoisotopic (exact) mass is 288 g/mol. The zero-order chi connectivity index (χ0) is 13.4. The maximum absolute atomic E-state index is 11.8. The summed E-state index contributed by atoms with van der Waals surface area (Å²) in [5.41, 5.74) is 5.59. The summed E-state index contributed by atoms with van der Waals surface area (Å²) in [7, 11) is 0. The Kier molecular flexibility index (Phi) is 3.69. The minimum atomic E-state index is -1.25. The van der Waals surface area contributed by atoms with E-state index in [-0.39, 0.29) is 27.5 Å². The molecule has 1 amide bonds. The number of nitrogens with two attached hydrogens (primary N) is 1. The minimum Gasteiger partial charge on any atom is -0.477 e. The first kappa shape index (κ1) is 13.4. The Labute approximate surface area is 112 Å². The van der Waals surface area contributed by atoms with Crippen molar-refractivity contribution in [3.05, 3.63) is 11.3 Å². The Morgan fingerprint density at radius 3 is 2.83 bits per heavy atom. The Morgan fingerprint density at radius 1 is 1.61 bits per heavy atom. The highest BCUT2D eigenvalue weighted by atomic mass is 32.2. The maximum atomic E-state index is 11.8. The van der Waals surface area contributed by atoms with Crippen molar-refractivity contribution in [1.82, 2.24) is 4.90 Å². The second-order valence-corrected chi connectivity index (χ2v) is 6.13. The number of carboxylic acids is 1. The smallest absolute Gasteiger partial charge is 0.353 e. The first-order chi connectivity index (χ1) is 8.49. The van der Waals surface area contributed by atoms with E-state index in [1.54, 1.807) is 0 Å². The van der Waals surface area contributed by atoms with Gasteiger partial charge in [-0.05, 0) is 5.75 Å². The summed E-state index contributed by atoms with van der Waals surface area (Å²) in [6, 6.07) is -0.667. The number of aliphatic carboxylic acids is 1. The van der Waals surface area contributed by atoms with E-state index in [1.807, 2.05) is 6.92 Å². The summed E-state index contributed by atoms with van der Waals surface area (Å²) < 4.78 is 0. The molecule has 2 rings (SSSR count). The van der Waals surface area contributed by atoms with Crippen molar-refractivity contribution >= 4 is 40.5 Å². The predicted octanol–water partition coefficient (Wildman–Crippen LogP) is -0.153. The van der Waals surface area contributed by atoms with E-state index < -0.39 is 17.9 Å². The van der Waals surface area contributed by atoms with Crippen LogP contribution in [-0.2, 0) is 14.4 Å². The standard InChI is InChI=1S/C10H12N2O4S2/c1-2-17-10(16)4-3-18-8-5(11)7(13)12(8)6(4)9(14)15/h5,8H,2-3,11H2,1H3,(H,14,15)/t5?,8-/m1/s1. The normalized spacial score (nSPS) is 26.8. The van der Waals surface area contributed by atoms with E-state index in [2.05, 4.69) is 0 Å². The highest BCUT2D eigenvalue weighted by Crippen LogP contribution is 2.40. The molecule has 98 valence electrons. The summed E-state index contributed by atoms with van der Waals surface area (Å²) in [6.45, 7) is 1.81. The molecule has 0 saturated carbocycles. The Bertz CT molecular complexity index is 463. The number of rotatable bonds is 3. The fraction of sp³-hybridized carbons (Fsp3) is 0.500. The molecule has 1 fully saturated rings. The van der Waals surface area contributed by atoms with Gasteiger partial charge in [-0.2, -0.15) is 0 Å². The van der Waals surface area contributed by atoms with Crippen LogP contribution >= 0.6 is 23.5 Å². The van der Waals surface area contributed by atoms with Crippen LogP contribution in [0.1, 0.15) is 6.92 Å². The van der Waals surface area contributed by atoms with E-state index in [4.69, 9.17) is 5.73 Å². The molecule has 1 saturated heterocycles. The van der Waals surface area contributed by atoms with Gasteiger partial charge in [-0.25, -0.2) is 4.79 Å². The number of amides is 1. The van der Waals surface area contributed by atoms with Gasteiger partial charge in [0.15, 0.2) is 0 Å². The highest BCUT2D eigenvalue weighted by molar-refractivity contribution is 8.14. The van der Waals surface area contributed by atoms with Crippen LogP contribution in [0, 0.1) is 0 Å². The van der Waals surface area contributed by atoms with Crippen LogP contribution in [0.3, 0.4) is 0 Å². The van der Waals surface area contributed by atoms with Gasteiger partial charge in [0, 0.05) is 11.3 Å². The van der Waals surface area contributed by atoms with Crippen molar-refractivity contribution in [3.8, 4) is 0 Å². The molecule has 0 spiro atoms. The predicted molar refractivity (Wildman–Crippen MR) is 68.9 cm³/mol.